The summed E-state index contributed by atoms with van der Waals surface area (Å²) in [5, 5.41) is 7.33. The molecule has 0 radical (unpaired) electrons. The molecule has 0 aliphatic carbocycles. The normalized spacial score (nSPS) is 10.8. The summed E-state index contributed by atoms with van der Waals surface area (Å²) in [4.78, 5) is 16.5. The third-order valence-electron chi connectivity index (χ3n) is 3.62. The highest BCUT2D eigenvalue weighted by molar-refractivity contribution is 7.09. The third-order valence-corrected chi connectivity index (χ3v) is 4.45. The minimum Gasteiger partial charge on any atom is -0.461 e. The monoisotopic (exact) mass is 341 g/mol. The van der Waals surface area contributed by atoms with Crippen LogP contribution in [0.2, 0.25) is 0 Å². The molecule has 0 atom stereocenters. The van der Waals surface area contributed by atoms with Gasteiger partial charge in [-0.1, -0.05) is 23.8 Å². The highest BCUT2D eigenvalue weighted by atomic mass is 32.1. The average molecular weight is 341 g/mol. The summed E-state index contributed by atoms with van der Waals surface area (Å²) in [6.45, 7) is 6.66. The third kappa shape index (κ3) is 3.54. The van der Waals surface area contributed by atoms with Gasteiger partial charge in [-0.3, -0.25) is 4.68 Å². The molecule has 0 saturated heterocycles. The molecule has 0 N–H and O–H groups in total. The zero-order chi connectivity index (χ0) is 17.1. The van der Waals surface area contributed by atoms with Crippen LogP contribution in [0, 0.1) is 13.8 Å². The molecule has 0 amide bonds. The molecule has 3 aromatic rings. The van der Waals surface area contributed by atoms with Gasteiger partial charge in [0.05, 0.1) is 18.8 Å². The number of carbonyl (C=O) groups excluding carboxylic acids is 1. The number of hydrogen-bond acceptors (Lipinski definition) is 5. The van der Waals surface area contributed by atoms with Gasteiger partial charge in [0.25, 0.3) is 0 Å². The first-order valence-corrected chi connectivity index (χ1v) is 8.68. The van der Waals surface area contributed by atoms with Crippen molar-refractivity contribution in [2.45, 2.75) is 27.3 Å². The maximum absolute atomic E-state index is 11.8. The summed E-state index contributed by atoms with van der Waals surface area (Å²) < 4.78 is 6.77. The van der Waals surface area contributed by atoms with Crippen LogP contribution in [0.25, 0.3) is 11.3 Å². The van der Waals surface area contributed by atoms with Gasteiger partial charge in [-0.25, -0.2) is 9.78 Å². The predicted octanol–water partition coefficient (Wildman–Crippen LogP) is 3.85. The van der Waals surface area contributed by atoms with Gasteiger partial charge in [-0.2, -0.15) is 5.10 Å². The number of aryl methyl sites for hydroxylation is 2. The van der Waals surface area contributed by atoms with Gasteiger partial charge in [0, 0.05) is 16.6 Å². The Morgan fingerprint density at radius 2 is 2.12 bits per heavy atom. The SMILES string of the molecule is CCOC(=O)c1cc(C)n(Cc2nc(-c3cccc(C)c3)cs2)n1. The molecule has 124 valence electrons. The molecular formula is C18H19N3O2S. The molecule has 5 nitrogen and oxygen atoms in total. The van der Waals surface area contributed by atoms with E-state index in [9.17, 15) is 4.79 Å². The van der Waals surface area contributed by atoms with Crippen LogP contribution in [-0.4, -0.2) is 27.3 Å². The molecule has 0 spiro atoms. The van der Waals surface area contributed by atoms with E-state index in [0.717, 1.165) is 22.0 Å². The molecule has 2 heterocycles. The lowest BCUT2D eigenvalue weighted by molar-refractivity contribution is 0.0518. The van der Waals surface area contributed by atoms with Gasteiger partial charge in [-0.15, -0.1) is 11.3 Å². The van der Waals surface area contributed by atoms with Crippen molar-refractivity contribution in [3.8, 4) is 11.3 Å². The number of nitrogens with zero attached hydrogens (tertiary/aromatic N) is 3. The van der Waals surface area contributed by atoms with Gasteiger partial charge in [-0.05, 0) is 32.9 Å². The lowest BCUT2D eigenvalue weighted by atomic mass is 10.1. The largest absolute Gasteiger partial charge is 0.461 e. The maximum atomic E-state index is 11.8. The lowest BCUT2D eigenvalue weighted by Crippen LogP contribution is -2.08. The Balaban J connectivity index is 1.79. The number of benzene rings is 1. The molecule has 24 heavy (non-hydrogen) atoms. The van der Waals surface area contributed by atoms with E-state index in [1.54, 1.807) is 29.0 Å². The van der Waals surface area contributed by atoms with Crippen LogP contribution in [0.1, 0.15) is 33.7 Å². The highest BCUT2D eigenvalue weighted by Gasteiger charge is 2.14. The minimum atomic E-state index is -0.390. The second-order valence-corrected chi connectivity index (χ2v) is 6.49. The average Bonchev–Trinajstić information content (AvgIpc) is 3.16. The van der Waals surface area contributed by atoms with Crippen LogP contribution in [-0.2, 0) is 11.3 Å². The first-order valence-electron chi connectivity index (χ1n) is 7.80. The van der Waals surface area contributed by atoms with Crippen molar-refractivity contribution in [1.82, 2.24) is 14.8 Å². The van der Waals surface area contributed by atoms with Gasteiger partial charge in [0.2, 0.25) is 0 Å². The van der Waals surface area contributed by atoms with Crippen molar-refractivity contribution < 1.29 is 9.53 Å². The Morgan fingerprint density at radius 1 is 1.29 bits per heavy atom. The Labute approximate surface area is 144 Å². The molecule has 0 unspecified atom stereocenters. The van der Waals surface area contributed by atoms with Gasteiger partial charge >= 0.3 is 5.97 Å². The highest BCUT2D eigenvalue weighted by Crippen LogP contribution is 2.23. The second kappa shape index (κ2) is 6.97. The minimum absolute atomic E-state index is 0.338. The van der Waals surface area contributed by atoms with Crippen LogP contribution in [0.3, 0.4) is 0 Å². The van der Waals surface area contributed by atoms with Crippen molar-refractivity contribution in [3.05, 3.63) is 57.7 Å². The number of ether oxygens (including phenoxy) is 1. The topological polar surface area (TPSA) is 57.0 Å². The molecule has 0 fully saturated rings. The van der Waals surface area contributed by atoms with E-state index < -0.39 is 0 Å². The molecule has 0 aliphatic heterocycles. The van der Waals surface area contributed by atoms with Gasteiger partial charge in [0.1, 0.15) is 5.01 Å². The molecule has 1 aromatic carbocycles. The number of aromatic nitrogens is 3. The zero-order valence-corrected chi connectivity index (χ0v) is 14.8. The van der Waals surface area contributed by atoms with Crippen molar-refractivity contribution in [1.29, 1.82) is 0 Å². The summed E-state index contributed by atoms with van der Waals surface area (Å²) in [7, 11) is 0. The second-order valence-electron chi connectivity index (χ2n) is 5.55. The fourth-order valence-electron chi connectivity index (χ4n) is 2.42. The van der Waals surface area contributed by atoms with E-state index in [4.69, 9.17) is 4.74 Å². The van der Waals surface area contributed by atoms with E-state index in [2.05, 4.69) is 40.6 Å². The number of esters is 1. The van der Waals surface area contributed by atoms with E-state index >= 15 is 0 Å². The molecule has 0 bridgehead atoms. The van der Waals surface area contributed by atoms with Gasteiger partial charge < -0.3 is 4.74 Å². The molecule has 0 saturated carbocycles. The summed E-state index contributed by atoms with van der Waals surface area (Å²) in [5.74, 6) is -0.390. The fourth-order valence-corrected chi connectivity index (χ4v) is 3.21. The first-order chi connectivity index (χ1) is 11.6. The summed E-state index contributed by atoms with van der Waals surface area (Å²) in [5.41, 5.74) is 4.54. The van der Waals surface area contributed by atoms with E-state index in [1.165, 1.54) is 5.56 Å². The Kier molecular flexibility index (Phi) is 4.76. The number of thiazole rings is 1. The maximum Gasteiger partial charge on any atom is 0.358 e. The van der Waals surface area contributed by atoms with Gasteiger partial charge in [0.15, 0.2) is 5.69 Å². The molecule has 2 aromatic heterocycles. The van der Waals surface area contributed by atoms with Crippen LogP contribution in [0.5, 0.6) is 0 Å². The number of rotatable bonds is 5. The fraction of sp³-hybridized carbons (Fsp3) is 0.278. The molecule has 6 heteroatoms. The quantitative estimate of drug-likeness (QED) is 0.662. The Morgan fingerprint density at radius 3 is 2.88 bits per heavy atom. The summed E-state index contributed by atoms with van der Waals surface area (Å²) in [6, 6.07) is 10.0. The Bertz CT molecular complexity index is 867. The van der Waals surface area contributed by atoms with Crippen molar-refractivity contribution >= 4 is 17.3 Å². The Hall–Kier alpha value is -2.47. The molecule has 3 rings (SSSR count). The van der Waals surface area contributed by atoms with E-state index in [0.29, 0.717) is 18.8 Å². The van der Waals surface area contributed by atoms with Crippen LogP contribution in [0.4, 0.5) is 0 Å². The molecular weight excluding hydrogens is 322 g/mol. The van der Waals surface area contributed by atoms with Crippen molar-refractivity contribution in [2.24, 2.45) is 0 Å². The van der Waals surface area contributed by atoms with Crippen LogP contribution in [0.15, 0.2) is 35.7 Å². The van der Waals surface area contributed by atoms with Crippen LogP contribution < -0.4 is 0 Å². The number of carbonyl (C=O) groups is 1. The smallest absolute Gasteiger partial charge is 0.358 e. The standard InChI is InChI=1S/C18H19N3O2S/c1-4-23-18(22)15-9-13(3)21(20-15)10-17-19-16(11-24-17)14-7-5-6-12(2)8-14/h5-9,11H,4,10H2,1-3H3. The van der Waals surface area contributed by atoms with Crippen molar-refractivity contribution in [2.75, 3.05) is 6.61 Å². The lowest BCUT2D eigenvalue weighted by Gasteiger charge is -2.01. The predicted molar refractivity (Wildman–Crippen MR) is 94.3 cm³/mol. The first kappa shape index (κ1) is 16.4. The van der Waals surface area contributed by atoms with E-state index in [-0.39, 0.29) is 5.97 Å². The van der Waals surface area contributed by atoms with Crippen LogP contribution >= 0.6 is 11.3 Å². The van der Waals surface area contributed by atoms with E-state index in [1.807, 2.05) is 13.0 Å². The number of hydrogen-bond donors (Lipinski definition) is 0. The summed E-state index contributed by atoms with van der Waals surface area (Å²) in [6.07, 6.45) is 0. The molecule has 0 aliphatic rings. The summed E-state index contributed by atoms with van der Waals surface area (Å²) >= 11 is 1.59. The van der Waals surface area contributed by atoms with Crippen molar-refractivity contribution in [3.63, 3.8) is 0 Å². The zero-order valence-electron chi connectivity index (χ0n) is 13.9.